The second-order valence-electron chi connectivity index (χ2n) is 8.41. The molecule has 0 radical (unpaired) electrons. The number of unbranched alkanes of at least 4 members (excludes halogenated alkanes) is 2. The summed E-state index contributed by atoms with van der Waals surface area (Å²) in [5, 5.41) is 11.2. The molecule has 1 N–H and O–H groups in total. The number of aliphatic hydroxyl groups is 1. The molecule has 1 aliphatic rings. The minimum absolute atomic E-state index is 0.0000687. The molecule has 1 amide bonds. The second-order valence-corrected chi connectivity index (χ2v) is 8.41. The number of hydrogen-bond donors (Lipinski definition) is 1. The number of pyridine rings is 1. The zero-order valence-corrected chi connectivity index (χ0v) is 19.5. The number of aliphatic hydroxyl groups excluding tert-OH is 1. The van der Waals surface area contributed by atoms with Crippen LogP contribution in [0.3, 0.4) is 0 Å². The molecular weight excluding hydrogens is 447 g/mol. The van der Waals surface area contributed by atoms with E-state index in [1.54, 1.807) is 60.9 Å². The van der Waals surface area contributed by atoms with Crippen LogP contribution in [0.25, 0.3) is 5.76 Å². The van der Waals surface area contributed by atoms with Gasteiger partial charge in [-0.05, 0) is 66.1 Å². The average Bonchev–Trinajstić information content (AvgIpc) is 3.13. The lowest BCUT2D eigenvalue weighted by atomic mass is 9.96. The number of ketones is 1. The van der Waals surface area contributed by atoms with Crippen molar-refractivity contribution >= 4 is 17.4 Å². The molecule has 0 aliphatic carbocycles. The monoisotopic (exact) mass is 474 g/mol. The molecule has 1 fully saturated rings. The van der Waals surface area contributed by atoms with Crippen LogP contribution in [0.15, 0.2) is 78.6 Å². The van der Waals surface area contributed by atoms with Gasteiger partial charge in [-0.3, -0.25) is 14.6 Å². The second kappa shape index (κ2) is 11.0. The van der Waals surface area contributed by atoms with E-state index in [0.717, 1.165) is 19.3 Å². The first-order valence-corrected chi connectivity index (χ1v) is 11.7. The van der Waals surface area contributed by atoms with Gasteiger partial charge in [-0.1, -0.05) is 31.9 Å². The zero-order valence-electron chi connectivity index (χ0n) is 19.5. The third kappa shape index (κ3) is 5.40. The summed E-state index contributed by atoms with van der Waals surface area (Å²) < 4.78 is 19.1. The van der Waals surface area contributed by atoms with Crippen LogP contribution < -0.4 is 4.74 Å². The number of Topliss-reactive ketones (excluding diaryl/α,β-unsaturated/α-hetero) is 1. The van der Waals surface area contributed by atoms with E-state index in [0.29, 0.717) is 29.0 Å². The molecule has 2 heterocycles. The van der Waals surface area contributed by atoms with Gasteiger partial charge in [0.2, 0.25) is 0 Å². The number of ether oxygens (including phenoxy) is 1. The fourth-order valence-corrected chi connectivity index (χ4v) is 4.13. The third-order valence-corrected chi connectivity index (χ3v) is 5.97. The maximum absolute atomic E-state index is 13.4. The van der Waals surface area contributed by atoms with Crippen molar-refractivity contribution in [2.75, 3.05) is 6.61 Å². The molecule has 1 aliphatic heterocycles. The fraction of sp³-hybridized carbons (Fsp3) is 0.250. The van der Waals surface area contributed by atoms with Crippen LogP contribution >= 0.6 is 0 Å². The number of halogens is 1. The summed E-state index contributed by atoms with van der Waals surface area (Å²) in [6, 6.07) is 15.1. The lowest BCUT2D eigenvalue weighted by Crippen LogP contribution is -2.29. The van der Waals surface area contributed by atoms with Gasteiger partial charge in [0.1, 0.15) is 17.3 Å². The van der Waals surface area contributed by atoms with E-state index in [4.69, 9.17) is 4.74 Å². The van der Waals surface area contributed by atoms with Gasteiger partial charge in [0.05, 0.1) is 18.2 Å². The number of aromatic nitrogens is 1. The predicted octanol–water partition coefficient (Wildman–Crippen LogP) is 5.41. The first-order chi connectivity index (χ1) is 17.0. The van der Waals surface area contributed by atoms with Gasteiger partial charge in [0.15, 0.2) is 0 Å². The Morgan fingerprint density at radius 2 is 1.69 bits per heavy atom. The van der Waals surface area contributed by atoms with Crippen LogP contribution in [0.1, 0.15) is 48.9 Å². The molecule has 1 aromatic heterocycles. The SMILES string of the molecule is CCCCCOc1ccc(/C(O)=C2/C(=O)C(=O)N(Cc3ccc(F)cc3)C2c2ccncc2)cc1. The van der Waals surface area contributed by atoms with Gasteiger partial charge in [-0.15, -0.1) is 0 Å². The summed E-state index contributed by atoms with van der Waals surface area (Å²) in [5.41, 5.74) is 1.71. The molecule has 1 unspecified atom stereocenters. The minimum atomic E-state index is -0.812. The summed E-state index contributed by atoms with van der Waals surface area (Å²) in [4.78, 5) is 31.6. The van der Waals surface area contributed by atoms with Gasteiger partial charge in [0, 0.05) is 24.5 Å². The van der Waals surface area contributed by atoms with Crippen LogP contribution in [0.2, 0.25) is 0 Å². The molecule has 6 nitrogen and oxygen atoms in total. The molecule has 0 bridgehead atoms. The van der Waals surface area contributed by atoms with Crippen LogP contribution in [-0.4, -0.2) is 33.3 Å². The van der Waals surface area contributed by atoms with E-state index in [2.05, 4.69) is 11.9 Å². The van der Waals surface area contributed by atoms with Gasteiger partial charge < -0.3 is 14.7 Å². The van der Waals surface area contributed by atoms with Crippen molar-refractivity contribution in [3.05, 3.63) is 101 Å². The van der Waals surface area contributed by atoms with Crippen molar-refractivity contribution in [1.29, 1.82) is 0 Å². The van der Waals surface area contributed by atoms with Crippen molar-refractivity contribution in [3.8, 4) is 5.75 Å². The normalized spacial score (nSPS) is 17.1. The smallest absolute Gasteiger partial charge is 0.295 e. The topological polar surface area (TPSA) is 79.7 Å². The maximum atomic E-state index is 13.4. The number of rotatable bonds is 9. The Morgan fingerprint density at radius 1 is 1.00 bits per heavy atom. The van der Waals surface area contributed by atoms with Crippen LogP contribution in [0.4, 0.5) is 4.39 Å². The van der Waals surface area contributed by atoms with Crippen molar-refractivity contribution in [2.24, 2.45) is 0 Å². The molecule has 1 saturated heterocycles. The first-order valence-electron chi connectivity index (χ1n) is 11.7. The number of likely N-dealkylation sites (tertiary alicyclic amines) is 1. The highest BCUT2D eigenvalue weighted by Gasteiger charge is 2.46. The number of hydrogen-bond acceptors (Lipinski definition) is 5. The quantitative estimate of drug-likeness (QED) is 0.194. The summed E-state index contributed by atoms with van der Waals surface area (Å²) >= 11 is 0. The predicted molar refractivity (Wildman–Crippen MR) is 130 cm³/mol. The van der Waals surface area contributed by atoms with Crippen LogP contribution in [0.5, 0.6) is 5.75 Å². The molecule has 2 aromatic carbocycles. The molecule has 0 saturated carbocycles. The Morgan fingerprint density at radius 3 is 2.34 bits per heavy atom. The van der Waals surface area contributed by atoms with Gasteiger partial charge in [-0.25, -0.2) is 4.39 Å². The van der Waals surface area contributed by atoms with Crippen molar-refractivity contribution < 1.29 is 23.8 Å². The van der Waals surface area contributed by atoms with Gasteiger partial charge in [0.25, 0.3) is 11.7 Å². The van der Waals surface area contributed by atoms with Crippen molar-refractivity contribution in [3.63, 3.8) is 0 Å². The van der Waals surface area contributed by atoms with Crippen LogP contribution in [0, 0.1) is 5.82 Å². The largest absolute Gasteiger partial charge is 0.507 e. The molecule has 3 aromatic rings. The molecule has 7 heteroatoms. The number of carbonyl (C=O) groups is 2. The molecule has 35 heavy (non-hydrogen) atoms. The van der Waals surface area contributed by atoms with E-state index >= 15 is 0 Å². The van der Waals surface area contributed by atoms with E-state index in [-0.39, 0.29) is 23.7 Å². The lowest BCUT2D eigenvalue weighted by molar-refractivity contribution is -0.140. The number of carbonyl (C=O) groups excluding carboxylic acids is 2. The first kappa shape index (κ1) is 24.1. The Labute approximate surface area is 203 Å². The average molecular weight is 475 g/mol. The summed E-state index contributed by atoms with van der Waals surface area (Å²) in [5.74, 6) is -1.48. The highest BCUT2D eigenvalue weighted by atomic mass is 19.1. The molecule has 0 spiro atoms. The third-order valence-electron chi connectivity index (χ3n) is 5.97. The maximum Gasteiger partial charge on any atom is 0.295 e. The number of nitrogens with zero attached hydrogens (tertiary/aromatic N) is 2. The lowest BCUT2D eigenvalue weighted by Gasteiger charge is -2.25. The van der Waals surface area contributed by atoms with E-state index in [1.165, 1.54) is 17.0 Å². The Balaban J connectivity index is 1.68. The van der Waals surface area contributed by atoms with Gasteiger partial charge in [-0.2, -0.15) is 0 Å². The summed E-state index contributed by atoms with van der Waals surface area (Å²) in [6.45, 7) is 2.81. The van der Waals surface area contributed by atoms with E-state index < -0.39 is 17.7 Å². The standard InChI is InChI=1S/C28H27FN2O4/c1-2-3-4-17-35-23-11-7-21(8-12-23)26(32)24-25(20-13-15-30-16-14-20)31(28(34)27(24)33)18-19-5-9-22(29)10-6-19/h5-16,25,32H,2-4,17-18H2,1H3/b26-24-. The Hall–Kier alpha value is -4.00. The van der Waals surface area contributed by atoms with Crippen molar-refractivity contribution in [1.82, 2.24) is 9.88 Å². The van der Waals surface area contributed by atoms with Crippen molar-refractivity contribution in [2.45, 2.75) is 38.8 Å². The fourth-order valence-electron chi connectivity index (χ4n) is 4.13. The van der Waals surface area contributed by atoms with E-state index in [9.17, 15) is 19.1 Å². The highest BCUT2D eigenvalue weighted by molar-refractivity contribution is 6.46. The Bertz CT molecular complexity index is 1210. The highest BCUT2D eigenvalue weighted by Crippen LogP contribution is 2.40. The summed E-state index contributed by atoms with van der Waals surface area (Å²) in [7, 11) is 0. The molecular formula is C28H27FN2O4. The number of amides is 1. The Kier molecular flexibility index (Phi) is 7.55. The zero-order chi connectivity index (χ0) is 24.8. The molecule has 180 valence electrons. The van der Waals surface area contributed by atoms with E-state index in [1.807, 2.05) is 0 Å². The summed E-state index contributed by atoms with van der Waals surface area (Å²) in [6.07, 6.45) is 6.29. The van der Waals surface area contributed by atoms with Crippen LogP contribution in [-0.2, 0) is 16.1 Å². The minimum Gasteiger partial charge on any atom is -0.507 e. The molecule has 4 rings (SSSR count). The van der Waals surface area contributed by atoms with Gasteiger partial charge >= 0.3 is 0 Å². The number of benzene rings is 2. The molecule has 1 atom stereocenters.